The van der Waals surface area contributed by atoms with Crippen molar-refractivity contribution in [2.45, 2.75) is 31.7 Å². The second-order valence-electron chi connectivity index (χ2n) is 4.90. The Kier molecular flexibility index (Phi) is 4.76. The quantitative estimate of drug-likeness (QED) is 0.656. The van der Waals surface area contributed by atoms with Crippen LogP contribution in [0, 0.1) is 16.0 Å². The average Bonchev–Trinajstić information content (AvgIpc) is 2.39. The minimum absolute atomic E-state index is 0.0745. The molecule has 6 heteroatoms. The number of nitrogens with zero attached hydrogens (tertiary/aromatic N) is 1. The number of nitro groups is 1. The second-order valence-corrected chi connectivity index (χ2v) is 5.81. The van der Waals surface area contributed by atoms with E-state index in [4.69, 9.17) is 0 Å². The van der Waals surface area contributed by atoms with Crippen molar-refractivity contribution in [2.24, 2.45) is 5.92 Å². The van der Waals surface area contributed by atoms with E-state index < -0.39 is 0 Å². The van der Waals surface area contributed by atoms with Crippen molar-refractivity contribution in [3.05, 3.63) is 32.8 Å². The van der Waals surface area contributed by atoms with Crippen LogP contribution in [0.25, 0.3) is 0 Å². The number of anilines is 1. The van der Waals surface area contributed by atoms with E-state index in [1.807, 2.05) is 0 Å². The Balaban J connectivity index is 2.21. The Hall–Kier alpha value is -1.14. The summed E-state index contributed by atoms with van der Waals surface area (Å²) in [5, 5.41) is 23.7. The van der Waals surface area contributed by atoms with Crippen molar-refractivity contribution < 1.29 is 10.0 Å². The molecule has 1 aliphatic carbocycles. The number of halogens is 1. The van der Waals surface area contributed by atoms with Crippen LogP contribution in [-0.2, 0) is 0 Å². The second kappa shape index (κ2) is 6.34. The van der Waals surface area contributed by atoms with Gasteiger partial charge in [-0.15, -0.1) is 0 Å². The van der Waals surface area contributed by atoms with Gasteiger partial charge in [0.25, 0.3) is 5.69 Å². The Labute approximate surface area is 120 Å². The van der Waals surface area contributed by atoms with Crippen LogP contribution >= 0.6 is 15.9 Å². The molecule has 104 valence electrons. The van der Waals surface area contributed by atoms with Gasteiger partial charge in [-0.2, -0.15) is 0 Å². The summed E-state index contributed by atoms with van der Waals surface area (Å²) in [4.78, 5) is 10.6. The molecular weight excluding hydrogens is 312 g/mol. The average molecular weight is 329 g/mol. The molecule has 0 radical (unpaired) electrons. The summed E-state index contributed by atoms with van der Waals surface area (Å²) in [5.41, 5.74) is 0.593. The predicted octanol–water partition coefficient (Wildman–Crippen LogP) is 3.32. The highest BCUT2D eigenvalue weighted by molar-refractivity contribution is 9.10. The van der Waals surface area contributed by atoms with E-state index in [0.29, 0.717) is 5.69 Å². The highest BCUT2D eigenvalue weighted by Gasteiger charge is 2.26. The molecule has 2 rings (SSSR count). The molecule has 1 fully saturated rings. The summed E-state index contributed by atoms with van der Waals surface area (Å²) >= 11 is 3.33. The number of nitrogens with one attached hydrogen (secondary N) is 1. The van der Waals surface area contributed by atoms with Crippen molar-refractivity contribution >= 4 is 27.3 Å². The molecule has 1 aliphatic rings. The molecule has 0 bridgehead atoms. The van der Waals surface area contributed by atoms with Gasteiger partial charge in [0.2, 0.25) is 0 Å². The van der Waals surface area contributed by atoms with Crippen LogP contribution in [0.5, 0.6) is 0 Å². The van der Waals surface area contributed by atoms with E-state index in [0.717, 1.165) is 30.2 Å². The Bertz CT molecular complexity index is 467. The lowest BCUT2D eigenvalue weighted by Crippen LogP contribution is -2.34. The maximum atomic E-state index is 11.0. The van der Waals surface area contributed by atoms with Crippen molar-refractivity contribution in [1.82, 2.24) is 0 Å². The first-order valence-corrected chi connectivity index (χ1v) is 7.22. The number of aliphatic hydroxyl groups is 1. The van der Waals surface area contributed by atoms with Crippen LogP contribution in [0.3, 0.4) is 0 Å². The summed E-state index contributed by atoms with van der Waals surface area (Å²) in [6, 6.07) is 4.98. The Morgan fingerprint density at radius 3 is 2.84 bits per heavy atom. The van der Waals surface area contributed by atoms with Gasteiger partial charge in [0.15, 0.2) is 0 Å². The van der Waals surface area contributed by atoms with Crippen molar-refractivity contribution in [3.63, 3.8) is 0 Å². The first-order chi connectivity index (χ1) is 9.11. The molecule has 0 aromatic heterocycles. The fourth-order valence-electron chi connectivity index (χ4n) is 2.60. The normalized spacial score (nSPS) is 23.1. The molecule has 2 unspecified atom stereocenters. The fraction of sp³-hybridized carbons (Fsp3) is 0.538. The third-order valence-electron chi connectivity index (χ3n) is 3.64. The van der Waals surface area contributed by atoms with E-state index >= 15 is 0 Å². The predicted molar refractivity (Wildman–Crippen MR) is 77.3 cm³/mol. The largest absolute Gasteiger partial charge is 0.396 e. The number of benzene rings is 1. The zero-order valence-corrected chi connectivity index (χ0v) is 12.1. The van der Waals surface area contributed by atoms with Gasteiger partial charge >= 0.3 is 0 Å². The van der Waals surface area contributed by atoms with E-state index in [1.54, 1.807) is 12.1 Å². The van der Waals surface area contributed by atoms with Crippen LogP contribution in [-0.4, -0.2) is 22.7 Å². The molecule has 0 amide bonds. The van der Waals surface area contributed by atoms with Crippen molar-refractivity contribution in [3.8, 4) is 0 Å². The highest BCUT2D eigenvalue weighted by atomic mass is 79.9. The summed E-state index contributed by atoms with van der Waals surface area (Å²) in [5.74, 6) is 0.173. The lowest BCUT2D eigenvalue weighted by atomic mass is 9.85. The van der Waals surface area contributed by atoms with Gasteiger partial charge in [-0.1, -0.05) is 28.8 Å². The number of aliphatic hydroxyl groups excluding tert-OH is 1. The molecule has 0 saturated heterocycles. The van der Waals surface area contributed by atoms with Crippen LogP contribution < -0.4 is 5.32 Å². The summed E-state index contributed by atoms with van der Waals surface area (Å²) in [6.45, 7) is 0.124. The van der Waals surface area contributed by atoms with Gasteiger partial charge in [0, 0.05) is 29.1 Å². The molecule has 19 heavy (non-hydrogen) atoms. The molecule has 1 saturated carbocycles. The molecule has 2 N–H and O–H groups in total. The molecular formula is C13H17BrN2O3. The molecule has 0 aliphatic heterocycles. The minimum Gasteiger partial charge on any atom is -0.396 e. The summed E-state index contributed by atoms with van der Waals surface area (Å²) < 4.78 is 0.803. The SMILES string of the molecule is O=[N+]([O-])c1ccc(Br)cc1NC1CCCCC1CO. The van der Waals surface area contributed by atoms with Crippen LogP contribution in [0.15, 0.2) is 22.7 Å². The topological polar surface area (TPSA) is 75.4 Å². The van der Waals surface area contributed by atoms with Crippen molar-refractivity contribution in [2.75, 3.05) is 11.9 Å². The molecule has 0 spiro atoms. The first-order valence-electron chi connectivity index (χ1n) is 6.43. The Morgan fingerprint density at radius 2 is 2.16 bits per heavy atom. The summed E-state index contributed by atoms with van der Waals surface area (Å²) in [7, 11) is 0. The first kappa shape index (κ1) is 14.3. The number of hydrogen-bond acceptors (Lipinski definition) is 4. The number of rotatable bonds is 4. The van der Waals surface area contributed by atoms with Crippen LogP contribution in [0.1, 0.15) is 25.7 Å². The zero-order valence-electron chi connectivity index (χ0n) is 10.5. The molecule has 1 aromatic rings. The summed E-state index contributed by atoms with van der Waals surface area (Å²) in [6.07, 6.45) is 4.12. The van der Waals surface area contributed by atoms with Gasteiger partial charge in [-0.05, 0) is 25.0 Å². The van der Waals surface area contributed by atoms with E-state index in [2.05, 4.69) is 21.2 Å². The van der Waals surface area contributed by atoms with Gasteiger partial charge < -0.3 is 10.4 Å². The highest BCUT2D eigenvalue weighted by Crippen LogP contribution is 2.32. The standard InChI is InChI=1S/C13H17BrN2O3/c14-10-5-6-13(16(18)19)12(7-10)15-11-4-2-1-3-9(11)8-17/h5-7,9,11,15,17H,1-4,8H2. The molecule has 5 nitrogen and oxygen atoms in total. The molecule has 2 atom stereocenters. The monoisotopic (exact) mass is 328 g/mol. The van der Waals surface area contributed by atoms with Crippen LogP contribution in [0.4, 0.5) is 11.4 Å². The maximum absolute atomic E-state index is 11.0. The fourth-order valence-corrected chi connectivity index (χ4v) is 2.96. The molecule has 1 aromatic carbocycles. The number of hydrogen-bond donors (Lipinski definition) is 2. The van der Waals surface area contributed by atoms with Gasteiger partial charge in [0.1, 0.15) is 5.69 Å². The zero-order chi connectivity index (χ0) is 13.8. The van der Waals surface area contributed by atoms with Gasteiger partial charge in [-0.25, -0.2) is 0 Å². The minimum atomic E-state index is -0.383. The smallest absolute Gasteiger partial charge is 0.292 e. The van der Waals surface area contributed by atoms with E-state index in [1.165, 1.54) is 6.07 Å². The van der Waals surface area contributed by atoms with Crippen molar-refractivity contribution in [1.29, 1.82) is 0 Å². The van der Waals surface area contributed by atoms with E-state index in [-0.39, 0.29) is 29.2 Å². The molecule has 0 heterocycles. The lowest BCUT2D eigenvalue weighted by Gasteiger charge is -2.31. The third kappa shape index (κ3) is 3.45. The Morgan fingerprint density at radius 1 is 1.42 bits per heavy atom. The van der Waals surface area contributed by atoms with Crippen LogP contribution in [0.2, 0.25) is 0 Å². The third-order valence-corrected chi connectivity index (χ3v) is 4.13. The maximum Gasteiger partial charge on any atom is 0.292 e. The van der Waals surface area contributed by atoms with Gasteiger partial charge in [0.05, 0.1) is 4.92 Å². The van der Waals surface area contributed by atoms with E-state index in [9.17, 15) is 15.2 Å². The number of nitro benzene ring substituents is 1. The van der Waals surface area contributed by atoms with Gasteiger partial charge in [-0.3, -0.25) is 10.1 Å². The lowest BCUT2D eigenvalue weighted by molar-refractivity contribution is -0.384.